The Bertz CT molecular complexity index is 373. The zero-order chi connectivity index (χ0) is 15.5. The summed E-state index contributed by atoms with van der Waals surface area (Å²) >= 11 is 0. The monoisotopic (exact) mass is 295 g/mol. The number of methoxy groups -OCH3 is 2. The molecule has 1 aromatic carbocycles. The Labute approximate surface area is 128 Å². The van der Waals surface area contributed by atoms with Gasteiger partial charge in [0.2, 0.25) is 0 Å². The van der Waals surface area contributed by atoms with Crippen LogP contribution in [0.3, 0.4) is 0 Å². The number of hydrogen-bond donors (Lipinski definition) is 1. The fourth-order valence-corrected chi connectivity index (χ4v) is 2.18. The molecule has 4 heteroatoms. The summed E-state index contributed by atoms with van der Waals surface area (Å²) in [4.78, 5) is 0. The predicted molar refractivity (Wildman–Crippen MR) is 86.3 cm³/mol. The van der Waals surface area contributed by atoms with Gasteiger partial charge in [-0.25, -0.2) is 0 Å². The van der Waals surface area contributed by atoms with Crippen LogP contribution in [-0.4, -0.2) is 34.0 Å². The number of benzene rings is 1. The van der Waals surface area contributed by atoms with Crippen molar-refractivity contribution in [2.45, 2.75) is 39.2 Å². The molecule has 0 heterocycles. The average molecular weight is 295 g/mol. The molecule has 1 unspecified atom stereocenters. The third kappa shape index (κ3) is 6.36. The first-order chi connectivity index (χ1) is 10.2. The summed E-state index contributed by atoms with van der Waals surface area (Å²) in [6, 6.07) is 6.28. The molecule has 1 aromatic rings. The topological polar surface area (TPSA) is 39.7 Å². The van der Waals surface area contributed by atoms with E-state index in [4.69, 9.17) is 14.2 Å². The van der Waals surface area contributed by atoms with Crippen molar-refractivity contribution >= 4 is 0 Å². The minimum absolute atomic E-state index is 0.255. The maximum atomic E-state index is 5.63. The van der Waals surface area contributed by atoms with Crippen molar-refractivity contribution in [3.8, 4) is 11.5 Å². The second-order valence-electron chi connectivity index (χ2n) is 5.05. The number of ether oxygens (including phenoxy) is 3. The summed E-state index contributed by atoms with van der Waals surface area (Å²) in [6.45, 7) is 6.86. The number of rotatable bonds is 11. The first-order valence-electron chi connectivity index (χ1n) is 7.79. The maximum absolute atomic E-state index is 5.63. The molecule has 0 aromatic heterocycles. The molecule has 1 atom stereocenters. The lowest BCUT2D eigenvalue weighted by molar-refractivity contribution is 0.124. The lowest BCUT2D eigenvalue weighted by Crippen LogP contribution is -2.23. The lowest BCUT2D eigenvalue weighted by atomic mass is 10.0. The van der Waals surface area contributed by atoms with Crippen molar-refractivity contribution in [3.63, 3.8) is 0 Å². The molecule has 21 heavy (non-hydrogen) atoms. The summed E-state index contributed by atoms with van der Waals surface area (Å²) < 4.78 is 16.3. The molecule has 0 saturated carbocycles. The standard InChI is InChI=1S/C17H29NO3/c1-5-8-18-17(7-10-21-9-6-2)14-11-15(19-3)13-16(12-14)20-4/h11-13,17-18H,5-10H2,1-4H3. The van der Waals surface area contributed by atoms with E-state index in [-0.39, 0.29) is 6.04 Å². The molecular formula is C17H29NO3. The van der Waals surface area contributed by atoms with Crippen LogP contribution in [0.5, 0.6) is 11.5 Å². The molecule has 0 aliphatic heterocycles. The van der Waals surface area contributed by atoms with Gasteiger partial charge in [-0.15, -0.1) is 0 Å². The molecule has 0 aliphatic carbocycles. The quantitative estimate of drug-likeness (QED) is 0.634. The van der Waals surface area contributed by atoms with E-state index in [2.05, 4.69) is 31.3 Å². The van der Waals surface area contributed by atoms with Crippen LogP contribution in [0.4, 0.5) is 0 Å². The Morgan fingerprint density at radius 2 is 1.62 bits per heavy atom. The first-order valence-corrected chi connectivity index (χ1v) is 7.79. The minimum Gasteiger partial charge on any atom is -0.497 e. The van der Waals surface area contributed by atoms with Gasteiger partial charge in [-0.1, -0.05) is 13.8 Å². The second kappa shape index (κ2) is 10.5. The highest BCUT2D eigenvalue weighted by Gasteiger charge is 2.13. The average Bonchev–Trinajstić information content (AvgIpc) is 2.53. The van der Waals surface area contributed by atoms with Crippen molar-refractivity contribution in [1.82, 2.24) is 5.32 Å². The molecule has 0 bridgehead atoms. The molecule has 4 nitrogen and oxygen atoms in total. The van der Waals surface area contributed by atoms with Crippen LogP contribution in [0.25, 0.3) is 0 Å². The van der Waals surface area contributed by atoms with E-state index >= 15 is 0 Å². The molecule has 1 rings (SSSR count). The van der Waals surface area contributed by atoms with Gasteiger partial charge in [-0.3, -0.25) is 0 Å². The second-order valence-corrected chi connectivity index (χ2v) is 5.05. The smallest absolute Gasteiger partial charge is 0.122 e. The number of hydrogen-bond acceptors (Lipinski definition) is 4. The van der Waals surface area contributed by atoms with E-state index in [9.17, 15) is 0 Å². The van der Waals surface area contributed by atoms with Gasteiger partial charge in [0.05, 0.1) is 14.2 Å². The molecule has 0 fully saturated rings. The molecule has 0 spiro atoms. The van der Waals surface area contributed by atoms with Crippen molar-refractivity contribution in [3.05, 3.63) is 23.8 Å². The zero-order valence-corrected chi connectivity index (χ0v) is 13.8. The van der Waals surface area contributed by atoms with Crippen molar-refractivity contribution in [2.24, 2.45) is 0 Å². The molecule has 0 amide bonds. The van der Waals surface area contributed by atoms with Gasteiger partial charge >= 0.3 is 0 Å². The summed E-state index contributed by atoms with van der Waals surface area (Å²) in [5.74, 6) is 1.64. The third-order valence-corrected chi connectivity index (χ3v) is 3.32. The minimum atomic E-state index is 0.255. The molecule has 120 valence electrons. The summed E-state index contributed by atoms with van der Waals surface area (Å²) in [5, 5.41) is 3.57. The Kier molecular flexibility index (Phi) is 8.87. The highest BCUT2D eigenvalue weighted by molar-refractivity contribution is 5.39. The highest BCUT2D eigenvalue weighted by atomic mass is 16.5. The fourth-order valence-electron chi connectivity index (χ4n) is 2.18. The van der Waals surface area contributed by atoms with Crippen molar-refractivity contribution in [2.75, 3.05) is 34.0 Å². The maximum Gasteiger partial charge on any atom is 0.122 e. The zero-order valence-electron chi connectivity index (χ0n) is 13.8. The summed E-state index contributed by atoms with van der Waals surface area (Å²) in [5.41, 5.74) is 1.18. The Balaban J connectivity index is 2.79. The first kappa shape index (κ1) is 17.8. The van der Waals surface area contributed by atoms with Gasteiger partial charge in [0.15, 0.2) is 0 Å². The van der Waals surface area contributed by atoms with E-state index in [0.717, 1.165) is 50.5 Å². The van der Waals surface area contributed by atoms with E-state index in [0.29, 0.717) is 0 Å². The third-order valence-electron chi connectivity index (χ3n) is 3.32. The Morgan fingerprint density at radius 1 is 0.952 bits per heavy atom. The van der Waals surface area contributed by atoms with E-state index in [1.165, 1.54) is 5.56 Å². The Morgan fingerprint density at radius 3 is 2.14 bits per heavy atom. The number of nitrogens with one attached hydrogen (secondary N) is 1. The molecule has 0 radical (unpaired) electrons. The predicted octanol–water partition coefficient (Wildman–Crippen LogP) is 3.56. The van der Waals surface area contributed by atoms with Crippen LogP contribution >= 0.6 is 0 Å². The van der Waals surface area contributed by atoms with Crippen molar-refractivity contribution < 1.29 is 14.2 Å². The van der Waals surface area contributed by atoms with Crippen LogP contribution in [0.1, 0.15) is 44.7 Å². The van der Waals surface area contributed by atoms with Gasteiger partial charge in [-0.05, 0) is 43.5 Å². The summed E-state index contributed by atoms with van der Waals surface area (Å²) in [6.07, 6.45) is 3.10. The normalized spacial score (nSPS) is 12.2. The van der Waals surface area contributed by atoms with Crippen LogP contribution in [0, 0.1) is 0 Å². The fraction of sp³-hybridized carbons (Fsp3) is 0.647. The summed E-state index contributed by atoms with van der Waals surface area (Å²) in [7, 11) is 3.36. The van der Waals surface area contributed by atoms with Crippen LogP contribution < -0.4 is 14.8 Å². The van der Waals surface area contributed by atoms with Crippen molar-refractivity contribution in [1.29, 1.82) is 0 Å². The molecule has 0 aliphatic rings. The molecule has 1 N–H and O–H groups in total. The van der Waals surface area contributed by atoms with Gasteiger partial charge in [0.25, 0.3) is 0 Å². The van der Waals surface area contributed by atoms with Gasteiger partial charge < -0.3 is 19.5 Å². The molecular weight excluding hydrogens is 266 g/mol. The van der Waals surface area contributed by atoms with Gasteiger partial charge in [0.1, 0.15) is 11.5 Å². The Hall–Kier alpha value is -1.26. The van der Waals surface area contributed by atoms with Gasteiger partial charge in [-0.2, -0.15) is 0 Å². The van der Waals surface area contributed by atoms with Crippen LogP contribution in [0.15, 0.2) is 18.2 Å². The van der Waals surface area contributed by atoms with E-state index in [1.54, 1.807) is 14.2 Å². The van der Waals surface area contributed by atoms with Crippen LogP contribution in [0.2, 0.25) is 0 Å². The molecule has 0 saturated heterocycles. The van der Waals surface area contributed by atoms with Crippen LogP contribution in [-0.2, 0) is 4.74 Å². The van der Waals surface area contributed by atoms with E-state index in [1.807, 2.05) is 6.07 Å². The van der Waals surface area contributed by atoms with Gasteiger partial charge in [0, 0.05) is 25.3 Å². The SMILES string of the molecule is CCCNC(CCOCCC)c1cc(OC)cc(OC)c1. The highest BCUT2D eigenvalue weighted by Crippen LogP contribution is 2.28. The lowest BCUT2D eigenvalue weighted by Gasteiger charge is -2.20. The largest absolute Gasteiger partial charge is 0.497 e. The van der Waals surface area contributed by atoms with E-state index < -0.39 is 0 Å².